The first-order valence-corrected chi connectivity index (χ1v) is 7.95. The van der Waals surface area contributed by atoms with Gasteiger partial charge in [0.1, 0.15) is 5.69 Å². The second-order valence-electron chi connectivity index (χ2n) is 5.24. The van der Waals surface area contributed by atoms with Crippen LogP contribution in [0.2, 0.25) is 0 Å². The fourth-order valence-electron chi connectivity index (χ4n) is 2.95. The van der Waals surface area contributed by atoms with Gasteiger partial charge in [0.15, 0.2) is 4.96 Å². The Morgan fingerprint density at radius 1 is 1.47 bits per heavy atom. The van der Waals surface area contributed by atoms with Gasteiger partial charge in [0.25, 0.3) is 0 Å². The van der Waals surface area contributed by atoms with Gasteiger partial charge in [-0.3, -0.25) is 4.40 Å². The number of hydrogen-bond donors (Lipinski definition) is 1. The number of nitrogens with one attached hydrogen (secondary N) is 1. The normalized spacial score (nSPS) is 16.5. The molecule has 1 fully saturated rings. The predicted octanol–water partition coefficient (Wildman–Crippen LogP) is 3.07. The molecule has 0 radical (unpaired) electrons. The Morgan fingerprint density at radius 3 is 3.11 bits per heavy atom. The number of ether oxygens (including phenoxy) is 1. The molecule has 1 N–H and O–H groups in total. The van der Waals surface area contributed by atoms with Gasteiger partial charge in [-0.2, -0.15) is 4.98 Å². The Kier molecular flexibility index (Phi) is 4.03. The van der Waals surface area contributed by atoms with Crippen LogP contribution in [0.1, 0.15) is 37.8 Å². The molecule has 19 heavy (non-hydrogen) atoms. The number of aromatic nitrogens is 2. The number of thiazole rings is 1. The molecule has 4 nitrogen and oxygen atoms in total. The molecule has 2 aromatic rings. The van der Waals surface area contributed by atoms with Crippen molar-refractivity contribution in [2.75, 3.05) is 13.7 Å². The molecule has 3 rings (SSSR count). The van der Waals surface area contributed by atoms with E-state index in [1.807, 2.05) is 0 Å². The molecule has 0 spiro atoms. The molecule has 104 valence electrons. The van der Waals surface area contributed by atoms with Gasteiger partial charge in [0.2, 0.25) is 5.88 Å². The zero-order chi connectivity index (χ0) is 13.1. The minimum Gasteiger partial charge on any atom is -0.480 e. The standard InChI is InChI=1S/C14H21N3OS/c1-18-13-12(17-8-9-19-14(17)16-13)10-15-7-6-11-4-2-3-5-11/h8-9,11,15H,2-7,10H2,1H3. The van der Waals surface area contributed by atoms with Crippen molar-refractivity contribution in [3.05, 3.63) is 17.3 Å². The van der Waals surface area contributed by atoms with Crippen LogP contribution in [0.5, 0.6) is 5.88 Å². The van der Waals surface area contributed by atoms with Crippen LogP contribution in [0, 0.1) is 5.92 Å². The predicted molar refractivity (Wildman–Crippen MR) is 77.9 cm³/mol. The Morgan fingerprint density at radius 2 is 2.32 bits per heavy atom. The van der Waals surface area contributed by atoms with Crippen LogP contribution in [0.4, 0.5) is 0 Å². The molecule has 0 amide bonds. The van der Waals surface area contributed by atoms with Crippen molar-refractivity contribution in [2.24, 2.45) is 5.92 Å². The fraction of sp³-hybridized carbons (Fsp3) is 0.643. The number of methoxy groups -OCH3 is 1. The average Bonchev–Trinajstić information content (AvgIpc) is 3.12. The zero-order valence-electron chi connectivity index (χ0n) is 11.4. The van der Waals surface area contributed by atoms with Crippen LogP contribution in [0.3, 0.4) is 0 Å². The summed E-state index contributed by atoms with van der Waals surface area (Å²) in [5.41, 5.74) is 1.13. The van der Waals surface area contributed by atoms with Crippen LogP contribution in [-0.2, 0) is 6.54 Å². The zero-order valence-corrected chi connectivity index (χ0v) is 12.2. The number of imidazole rings is 1. The smallest absolute Gasteiger partial charge is 0.237 e. The van der Waals surface area contributed by atoms with E-state index in [1.54, 1.807) is 18.4 Å². The summed E-state index contributed by atoms with van der Waals surface area (Å²) in [4.78, 5) is 5.47. The first kappa shape index (κ1) is 12.9. The number of hydrogen-bond acceptors (Lipinski definition) is 4. The van der Waals surface area contributed by atoms with Crippen LogP contribution in [-0.4, -0.2) is 23.0 Å². The molecule has 0 unspecified atom stereocenters. The maximum Gasteiger partial charge on any atom is 0.237 e. The van der Waals surface area contributed by atoms with E-state index in [4.69, 9.17) is 4.74 Å². The van der Waals surface area contributed by atoms with E-state index in [0.717, 1.165) is 35.5 Å². The number of fused-ring (bicyclic) bond motifs is 1. The molecular weight excluding hydrogens is 258 g/mol. The summed E-state index contributed by atoms with van der Waals surface area (Å²) in [6, 6.07) is 0. The third kappa shape index (κ3) is 2.77. The van der Waals surface area contributed by atoms with Gasteiger partial charge in [-0.25, -0.2) is 0 Å². The number of nitrogens with zero attached hydrogens (tertiary/aromatic N) is 2. The van der Waals surface area contributed by atoms with E-state index in [9.17, 15) is 0 Å². The van der Waals surface area contributed by atoms with Crippen LogP contribution in [0.15, 0.2) is 11.6 Å². The Hall–Kier alpha value is -1.07. The van der Waals surface area contributed by atoms with Gasteiger partial charge in [-0.15, -0.1) is 11.3 Å². The van der Waals surface area contributed by atoms with Gasteiger partial charge in [-0.1, -0.05) is 25.7 Å². The second kappa shape index (κ2) is 5.92. The van der Waals surface area contributed by atoms with Crippen LogP contribution in [0.25, 0.3) is 4.96 Å². The van der Waals surface area contributed by atoms with Gasteiger partial charge in [0.05, 0.1) is 7.11 Å². The van der Waals surface area contributed by atoms with Gasteiger partial charge < -0.3 is 10.1 Å². The van der Waals surface area contributed by atoms with E-state index in [1.165, 1.54) is 32.1 Å². The third-order valence-electron chi connectivity index (χ3n) is 4.01. The van der Waals surface area contributed by atoms with E-state index in [2.05, 4.69) is 26.3 Å². The van der Waals surface area contributed by atoms with Crippen molar-refractivity contribution in [1.82, 2.24) is 14.7 Å². The highest BCUT2D eigenvalue weighted by Gasteiger charge is 2.15. The van der Waals surface area contributed by atoms with Crippen molar-refractivity contribution >= 4 is 16.3 Å². The molecule has 0 atom stereocenters. The monoisotopic (exact) mass is 279 g/mol. The van der Waals surface area contributed by atoms with E-state index in [-0.39, 0.29) is 0 Å². The van der Waals surface area contributed by atoms with E-state index in [0.29, 0.717) is 0 Å². The molecule has 0 aromatic carbocycles. The summed E-state index contributed by atoms with van der Waals surface area (Å²) >= 11 is 1.64. The minimum absolute atomic E-state index is 0.750. The maximum absolute atomic E-state index is 5.35. The summed E-state index contributed by atoms with van der Waals surface area (Å²) in [5, 5.41) is 5.59. The Balaban J connectivity index is 1.56. The van der Waals surface area contributed by atoms with Gasteiger partial charge in [0, 0.05) is 18.1 Å². The molecule has 1 saturated carbocycles. The minimum atomic E-state index is 0.750. The lowest BCUT2D eigenvalue weighted by atomic mass is 10.0. The largest absolute Gasteiger partial charge is 0.480 e. The first-order chi connectivity index (χ1) is 9.38. The van der Waals surface area contributed by atoms with Gasteiger partial charge in [-0.05, 0) is 18.9 Å². The summed E-state index contributed by atoms with van der Waals surface area (Å²) in [6.07, 6.45) is 9.06. The summed E-state index contributed by atoms with van der Waals surface area (Å²) < 4.78 is 7.47. The lowest BCUT2D eigenvalue weighted by Gasteiger charge is -2.10. The van der Waals surface area contributed by atoms with Crippen molar-refractivity contribution in [1.29, 1.82) is 0 Å². The summed E-state index contributed by atoms with van der Waals surface area (Å²) in [6.45, 7) is 1.92. The molecule has 0 aliphatic heterocycles. The summed E-state index contributed by atoms with van der Waals surface area (Å²) in [5.74, 6) is 1.70. The average molecular weight is 279 g/mol. The van der Waals surface area contributed by atoms with Crippen molar-refractivity contribution in [2.45, 2.75) is 38.6 Å². The highest BCUT2D eigenvalue weighted by Crippen LogP contribution is 2.27. The van der Waals surface area contributed by atoms with Crippen molar-refractivity contribution in [3.8, 4) is 5.88 Å². The molecule has 2 heterocycles. The van der Waals surface area contributed by atoms with Gasteiger partial charge >= 0.3 is 0 Å². The fourth-order valence-corrected chi connectivity index (χ4v) is 3.67. The third-order valence-corrected chi connectivity index (χ3v) is 4.77. The molecular formula is C14H21N3OS. The maximum atomic E-state index is 5.35. The molecule has 1 aliphatic carbocycles. The molecule has 0 bridgehead atoms. The Bertz CT molecular complexity index is 528. The molecule has 2 aromatic heterocycles. The molecule has 5 heteroatoms. The molecule has 0 saturated heterocycles. The van der Waals surface area contributed by atoms with Crippen molar-refractivity contribution in [3.63, 3.8) is 0 Å². The number of rotatable bonds is 6. The van der Waals surface area contributed by atoms with E-state index < -0.39 is 0 Å². The first-order valence-electron chi connectivity index (χ1n) is 7.07. The highest BCUT2D eigenvalue weighted by molar-refractivity contribution is 7.15. The van der Waals surface area contributed by atoms with Crippen molar-refractivity contribution < 1.29 is 4.74 Å². The Labute approximate surface area is 117 Å². The second-order valence-corrected chi connectivity index (χ2v) is 6.11. The van der Waals surface area contributed by atoms with Crippen LogP contribution < -0.4 is 10.1 Å². The highest BCUT2D eigenvalue weighted by atomic mass is 32.1. The lowest BCUT2D eigenvalue weighted by molar-refractivity contribution is 0.391. The molecule has 1 aliphatic rings. The quantitative estimate of drug-likeness (QED) is 0.826. The van der Waals surface area contributed by atoms with E-state index >= 15 is 0 Å². The lowest BCUT2D eigenvalue weighted by Crippen LogP contribution is -2.18. The van der Waals surface area contributed by atoms with Crippen LogP contribution >= 0.6 is 11.3 Å². The topological polar surface area (TPSA) is 38.6 Å². The summed E-state index contributed by atoms with van der Waals surface area (Å²) in [7, 11) is 1.69. The SMILES string of the molecule is COc1nc2sccn2c1CNCCC1CCCC1.